The van der Waals surface area contributed by atoms with Crippen molar-refractivity contribution in [2.45, 2.75) is 4.90 Å². The third-order valence-electron chi connectivity index (χ3n) is 2.43. The van der Waals surface area contributed by atoms with Gasteiger partial charge in [0.1, 0.15) is 5.75 Å². The molecule has 5 N–H and O–H groups in total. The van der Waals surface area contributed by atoms with Crippen molar-refractivity contribution in [3.05, 3.63) is 54.6 Å². The molecule has 5 nitrogen and oxygen atoms in total. The molecule has 0 unspecified atom stereocenters. The number of benzene rings is 2. The van der Waals surface area contributed by atoms with Crippen molar-refractivity contribution >= 4 is 23.7 Å². The Morgan fingerprint density at radius 1 is 1.10 bits per heavy atom. The van der Waals surface area contributed by atoms with Crippen LogP contribution in [0.2, 0.25) is 0 Å². The highest BCUT2D eigenvalue weighted by Crippen LogP contribution is 2.16. The van der Waals surface area contributed by atoms with Crippen LogP contribution in [0.15, 0.2) is 64.5 Å². The van der Waals surface area contributed by atoms with Gasteiger partial charge in [-0.2, -0.15) is 0 Å². The van der Waals surface area contributed by atoms with E-state index in [1.807, 2.05) is 54.6 Å². The molecule has 0 atom stereocenters. The minimum atomic E-state index is 0.145. The van der Waals surface area contributed by atoms with Crippen molar-refractivity contribution in [2.24, 2.45) is 15.9 Å². The van der Waals surface area contributed by atoms with Crippen LogP contribution >= 0.6 is 11.9 Å². The normalized spacial score (nSPS) is 11.2. The number of rotatable bonds is 4. The summed E-state index contributed by atoms with van der Waals surface area (Å²) >= 11 is 1.20. The number of hydrogen-bond donors (Lipinski definition) is 3. The smallest absolute Gasteiger partial charge is 0.296 e. The Bertz CT molecular complexity index is 557. The maximum atomic E-state index is 5.64. The molecule has 0 amide bonds. The van der Waals surface area contributed by atoms with Gasteiger partial charge in [-0.15, -0.1) is 0 Å². The Hall–Kier alpha value is -2.02. The van der Waals surface area contributed by atoms with Gasteiger partial charge >= 0.3 is 0 Å². The summed E-state index contributed by atoms with van der Waals surface area (Å²) in [5, 5.41) is 8.56. The van der Waals surface area contributed by atoms with Crippen LogP contribution in [0.3, 0.4) is 0 Å². The number of aliphatic imine (C=N–C) groups is 1. The first-order chi connectivity index (χ1) is 9.81. The number of nitrogens with one attached hydrogen (secondary N) is 1. The minimum Gasteiger partial charge on any atom is -0.426 e. The van der Waals surface area contributed by atoms with Gasteiger partial charge in [-0.3, -0.25) is 5.14 Å². The van der Waals surface area contributed by atoms with Gasteiger partial charge in [0.05, 0.1) is 6.67 Å². The first kappa shape index (κ1) is 14.4. The summed E-state index contributed by atoms with van der Waals surface area (Å²) in [4.78, 5) is 5.07. The first-order valence-corrected chi connectivity index (χ1v) is 6.91. The molecule has 0 aliphatic rings. The van der Waals surface area contributed by atoms with Crippen molar-refractivity contribution in [1.29, 1.82) is 0 Å². The van der Waals surface area contributed by atoms with Crippen LogP contribution in [0, 0.1) is 0 Å². The van der Waals surface area contributed by atoms with Crippen molar-refractivity contribution in [1.82, 2.24) is 0 Å². The fourth-order valence-corrected chi connectivity index (χ4v) is 1.81. The Kier molecular flexibility index (Phi) is 5.43. The van der Waals surface area contributed by atoms with E-state index in [0.29, 0.717) is 11.8 Å². The Morgan fingerprint density at radius 2 is 1.80 bits per heavy atom. The predicted molar refractivity (Wildman–Crippen MR) is 83.7 cm³/mol. The van der Waals surface area contributed by atoms with E-state index < -0.39 is 0 Å². The third-order valence-corrected chi connectivity index (χ3v) is 2.98. The summed E-state index contributed by atoms with van der Waals surface area (Å²) < 4.78 is 5.64. The van der Waals surface area contributed by atoms with E-state index in [9.17, 15) is 0 Å². The largest absolute Gasteiger partial charge is 0.426 e. The average molecular weight is 288 g/mol. The van der Waals surface area contributed by atoms with Gasteiger partial charge in [0.25, 0.3) is 6.02 Å². The second kappa shape index (κ2) is 7.54. The lowest BCUT2D eigenvalue weighted by Gasteiger charge is -2.11. The number of amidine groups is 1. The number of hydrogen-bond acceptors (Lipinski definition) is 5. The fraction of sp³-hybridized carbons (Fsp3) is 0.0714. The zero-order chi connectivity index (χ0) is 14.2. The zero-order valence-corrected chi connectivity index (χ0v) is 11.6. The van der Waals surface area contributed by atoms with E-state index in [4.69, 9.17) is 15.6 Å². The highest BCUT2D eigenvalue weighted by atomic mass is 32.2. The predicted octanol–water partition coefficient (Wildman–Crippen LogP) is 2.42. The molecule has 2 aromatic rings. The summed E-state index contributed by atoms with van der Waals surface area (Å²) in [6.07, 6.45) is 0. The molecule has 104 valence electrons. The van der Waals surface area contributed by atoms with E-state index in [1.54, 1.807) is 0 Å². The topological polar surface area (TPSA) is 85.7 Å². The summed E-state index contributed by atoms with van der Waals surface area (Å²) in [6.45, 7) is 0.145. The highest BCUT2D eigenvalue weighted by Gasteiger charge is 2.03. The van der Waals surface area contributed by atoms with Crippen LogP contribution in [0.5, 0.6) is 5.75 Å². The molecule has 0 saturated heterocycles. The molecule has 2 aromatic carbocycles. The van der Waals surface area contributed by atoms with E-state index in [0.717, 1.165) is 10.6 Å². The molecule has 0 aliphatic heterocycles. The maximum absolute atomic E-state index is 5.64. The van der Waals surface area contributed by atoms with E-state index in [-0.39, 0.29) is 6.67 Å². The lowest BCUT2D eigenvalue weighted by molar-refractivity contribution is 0.545. The number of anilines is 1. The third kappa shape index (κ3) is 4.27. The van der Waals surface area contributed by atoms with Gasteiger partial charge < -0.3 is 15.8 Å². The standard InChI is InChI=1S/C14H16N4OS/c15-10-17-14(19-12-4-2-1-3-5-12)18-11-6-8-13(20-16)9-7-11/h1-9H,10,15-16H2,(H,17,18). The van der Waals surface area contributed by atoms with Crippen LogP contribution in [-0.2, 0) is 0 Å². The molecule has 0 saturated carbocycles. The summed E-state index contributed by atoms with van der Waals surface area (Å²) in [6, 6.07) is 17.4. The van der Waals surface area contributed by atoms with Crippen molar-refractivity contribution in [3.63, 3.8) is 0 Å². The molecular weight excluding hydrogens is 272 g/mol. The fourth-order valence-electron chi connectivity index (χ4n) is 1.52. The molecule has 2 rings (SSSR count). The average Bonchev–Trinajstić information content (AvgIpc) is 2.49. The maximum Gasteiger partial charge on any atom is 0.296 e. The number of para-hydroxylation sites is 1. The highest BCUT2D eigenvalue weighted by molar-refractivity contribution is 7.97. The molecule has 0 aliphatic carbocycles. The van der Waals surface area contributed by atoms with Crippen molar-refractivity contribution in [3.8, 4) is 5.75 Å². The van der Waals surface area contributed by atoms with Gasteiger partial charge in [0.15, 0.2) is 0 Å². The van der Waals surface area contributed by atoms with Crippen molar-refractivity contribution in [2.75, 3.05) is 12.0 Å². The van der Waals surface area contributed by atoms with Gasteiger partial charge in [-0.05, 0) is 48.3 Å². The lowest BCUT2D eigenvalue weighted by atomic mass is 10.3. The van der Waals surface area contributed by atoms with Crippen LogP contribution < -0.4 is 20.9 Å². The SMILES string of the molecule is NC/N=C(/Nc1ccc(SN)cc1)Oc1ccccc1. The van der Waals surface area contributed by atoms with Crippen LogP contribution in [-0.4, -0.2) is 12.7 Å². The zero-order valence-electron chi connectivity index (χ0n) is 10.8. The number of nitrogens with two attached hydrogens (primary N) is 2. The Morgan fingerprint density at radius 3 is 2.40 bits per heavy atom. The first-order valence-electron chi connectivity index (χ1n) is 6.03. The van der Waals surface area contributed by atoms with Gasteiger partial charge in [-0.1, -0.05) is 18.2 Å². The Labute approximate surface area is 122 Å². The molecule has 20 heavy (non-hydrogen) atoms. The number of nitrogens with zero attached hydrogens (tertiary/aromatic N) is 1. The van der Waals surface area contributed by atoms with Gasteiger partial charge in [0.2, 0.25) is 0 Å². The van der Waals surface area contributed by atoms with E-state index in [2.05, 4.69) is 10.3 Å². The van der Waals surface area contributed by atoms with Crippen molar-refractivity contribution < 1.29 is 4.74 Å². The lowest BCUT2D eigenvalue weighted by Crippen LogP contribution is -2.21. The summed E-state index contributed by atoms with van der Waals surface area (Å²) in [5.74, 6) is 0.696. The summed E-state index contributed by atoms with van der Waals surface area (Å²) in [7, 11) is 0. The quantitative estimate of drug-likeness (QED) is 0.457. The van der Waals surface area contributed by atoms with Crippen LogP contribution in [0.4, 0.5) is 5.69 Å². The minimum absolute atomic E-state index is 0.145. The van der Waals surface area contributed by atoms with Gasteiger partial charge in [-0.25, -0.2) is 4.99 Å². The molecule has 0 fully saturated rings. The molecule has 0 heterocycles. The molecule has 6 heteroatoms. The molecule has 0 spiro atoms. The van der Waals surface area contributed by atoms with E-state index >= 15 is 0 Å². The van der Waals surface area contributed by atoms with Crippen LogP contribution in [0.1, 0.15) is 0 Å². The Balaban J connectivity index is 2.07. The molecule has 0 radical (unpaired) electrons. The molecule has 0 aromatic heterocycles. The second-order valence-corrected chi connectivity index (χ2v) is 4.54. The van der Waals surface area contributed by atoms with Crippen LogP contribution in [0.25, 0.3) is 0 Å². The second-order valence-electron chi connectivity index (χ2n) is 3.83. The monoisotopic (exact) mass is 288 g/mol. The molecule has 0 bridgehead atoms. The van der Waals surface area contributed by atoms with E-state index in [1.165, 1.54) is 11.9 Å². The summed E-state index contributed by atoms with van der Waals surface area (Å²) in [5.41, 5.74) is 6.31. The number of ether oxygens (including phenoxy) is 1. The molecular formula is C14H16N4OS. The van der Waals surface area contributed by atoms with Gasteiger partial charge in [0, 0.05) is 10.6 Å².